The maximum absolute atomic E-state index is 14.4. The van der Waals surface area contributed by atoms with Gasteiger partial charge in [0.2, 0.25) is 0 Å². The number of halogens is 6. The fourth-order valence-electron chi connectivity index (χ4n) is 3.50. The minimum Gasteiger partial charge on any atom is -0.480 e. The van der Waals surface area contributed by atoms with E-state index in [1.165, 1.54) is 61.7 Å². The summed E-state index contributed by atoms with van der Waals surface area (Å²) >= 11 is 12.3. The fourth-order valence-corrected chi connectivity index (χ4v) is 3.97. The number of ether oxygens (including phenoxy) is 2. The lowest BCUT2D eigenvalue weighted by Gasteiger charge is -2.22. The lowest BCUT2D eigenvalue weighted by atomic mass is 10.0. The summed E-state index contributed by atoms with van der Waals surface area (Å²) in [5.74, 6) is -2.97. The van der Waals surface area contributed by atoms with Crippen molar-refractivity contribution in [3.63, 3.8) is 0 Å². The van der Waals surface area contributed by atoms with Crippen LogP contribution >= 0.6 is 23.2 Å². The molecular formula is C26H23Cl2F4N3O4. The average Bonchev–Trinajstić information content (AvgIpc) is 2.89. The molecule has 0 fully saturated rings. The van der Waals surface area contributed by atoms with Gasteiger partial charge in [-0.3, -0.25) is 14.5 Å². The molecule has 1 heterocycles. The van der Waals surface area contributed by atoms with Crippen molar-refractivity contribution in [2.45, 2.75) is 6.18 Å². The summed E-state index contributed by atoms with van der Waals surface area (Å²) in [4.78, 5) is 32.2. The highest BCUT2D eigenvalue weighted by Gasteiger charge is 2.31. The van der Waals surface area contributed by atoms with Gasteiger partial charge in [-0.15, -0.1) is 0 Å². The molecule has 0 bridgehead atoms. The second-order valence-corrected chi connectivity index (χ2v) is 9.14. The number of pyridine rings is 1. The number of alkyl halides is 3. The highest BCUT2D eigenvalue weighted by Crippen LogP contribution is 2.36. The molecule has 2 aromatic carbocycles. The third-order valence-electron chi connectivity index (χ3n) is 5.53. The summed E-state index contributed by atoms with van der Waals surface area (Å²) in [6.07, 6.45) is -3.46. The number of carbonyl (C=O) groups excluding carboxylic acids is 2. The number of benzene rings is 2. The maximum Gasteiger partial charge on any atom is 0.422 e. The number of anilines is 1. The first-order valence-electron chi connectivity index (χ1n) is 11.3. The number of rotatable bonds is 9. The zero-order valence-electron chi connectivity index (χ0n) is 21.0. The second-order valence-electron chi connectivity index (χ2n) is 8.32. The molecule has 3 rings (SSSR count). The Morgan fingerprint density at radius 1 is 1.03 bits per heavy atom. The normalized spacial score (nSPS) is 11.3. The molecule has 13 heteroatoms. The Morgan fingerprint density at radius 3 is 2.38 bits per heavy atom. The van der Waals surface area contributed by atoms with Crippen LogP contribution in [0.3, 0.4) is 0 Å². The lowest BCUT2D eigenvalue weighted by molar-refractivity contribution is -0.153. The molecule has 7 nitrogen and oxygen atoms in total. The number of likely N-dealkylation sites (N-methyl/N-ethyl adjacent to an activating group) is 1. The van der Waals surface area contributed by atoms with E-state index in [9.17, 15) is 27.2 Å². The molecule has 0 saturated carbocycles. The molecule has 0 N–H and O–H groups in total. The van der Waals surface area contributed by atoms with Gasteiger partial charge in [0.05, 0.1) is 17.2 Å². The Kier molecular flexibility index (Phi) is 9.76. The lowest BCUT2D eigenvalue weighted by Crippen LogP contribution is -2.30. The molecule has 0 radical (unpaired) electrons. The number of methoxy groups -OCH3 is 1. The van der Waals surface area contributed by atoms with E-state index < -0.39 is 35.8 Å². The summed E-state index contributed by atoms with van der Waals surface area (Å²) in [7, 11) is 4.28. The quantitative estimate of drug-likeness (QED) is 0.282. The van der Waals surface area contributed by atoms with Gasteiger partial charge in [-0.1, -0.05) is 29.3 Å². The van der Waals surface area contributed by atoms with Crippen molar-refractivity contribution in [1.82, 2.24) is 9.88 Å². The van der Waals surface area contributed by atoms with E-state index in [0.717, 1.165) is 11.0 Å². The number of hydrogen-bond acceptors (Lipinski definition) is 5. The van der Waals surface area contributed by atoms with E-state index in [4.69, 9.17) is 32.7 Å². The van der Waals surface area contributed by atoms with Crippen LogP contribution in [0.25, 0.3) is 11.1 Å². The number of hydrogen-bond donors (Lipinski definition) is 0. The first kappa shape index (κ1) is 30.1. The highest BCUT2D eigenvalue weighted by molar-refractivity contribution is 6.34. The fraction of sp³-hybridized carbons (Fsp3) is 0.269. The molecule has 0 atom stereocenters. The molecular weight excluding hydrogens is 565 g/mol. The van der Waals surface area contributed by atoms with E-state index in [2.05, 4.69) is 4.98 Å². The van der Waals surface area contributed by atoms with Crippen molar-refractivity contribution in [2.24, 2.45) is 0 Å². The van der Waals surface area contributed by atoms with Crippen molar-refractivity contribution in [3.8, 4) is 16.9 Å². The van der Waals surface area contributed by atoms with Crippen LogP contribution in [0.1, 0.15) is 20.7 Å². The van der Waals surface area contributed by atoms with Gasteiger partial charge >= 0.3 is 6.18 Å². The maximum atomic E-state index is 14.4. The first-order valence-corrected chi connectivity index (χ1v) is 12.1. The summed E-state index contributed by atoms with van der Waals surface area (Å²) in [6.45, 7) is -1.05. The third-order valence-corrected chi connectivity index (χ3v) is 6.17. The average molecular weight is 588 g/mol. The van der Waals surface area contributed by atoms with Crippen LogP contribution in [0.5, 0.6) is 5.75 Å². The third kappa shape index (κ3) is 7.37. The SMILES string of the molecule is COCCN(C)C(=O)c1ccc(Cl)c(-c2cnc(N(C)C(=O)c3c(F)cccc3Cl)c(OCC(F)(F)F)c2)c1. The van der Waals surface area contributed by atoms with Gasteiger partial charge in [-0.05, 0) is 36.4 Å². The predicted octanol–water partition coefficient (Wildman–Crippen LogP) is 6.13. The van der Waals surface area contributed by atoms with E-state index in [1.54, 1.807) is 7.05 Å². The van der Waals surface area contributed by atoms with Crippen LogP contribution in [0, 0.1) is 5.82 Å². The minimum absolute atomic E-state index is 0.185. The molecule has 0 saturated heterocycles. The molecule has 0 unspecified atom stereocenters. The zero-order valence-corrected chi connectivity index (χ0v) is 22.5. The van der Waals surface area contributed by atoms with Crippen LogP contribution in [0.2, 0.25) is 10.0 Å². The topological polar surface area (TPSA) is 72.0 Å². The van der Waals surface area contributed by atoms with Crippen LogP contribution in [0.15, 0.2) is 48.7 Å². The largest absolute Gasteiger partial charge is 0.480 e. The van der Waals surface area contributed by atoms with Gasteiger partial charge in [0.15, 0.2) is 18.2 Å². The Morgan fingerprint density at radius 2 is 1.74 bits per heavy atom. The number of nitrogens with zero attached hydrogens (tertiary/aromatic N) is 3. The van der Waals surface area contributed by atoms with Gasteiger partial charge in [0, 0.05) is 55.7 Å². The van der Waals surface area contributed by atoms with Gasteiger partial charge in [0.25, 0.3) is 11.8 Å². The van der Waals surface area contributed by atoms with Crippen molar-refractivity contribution in [3.05, 3.63) is 75.7 Å². The van der Waals surface area contributed by atoms with E-state index in [1.807, 2.05) is 0 Å². The Balaban J connectivity index is 2.05. The summed E-state index contributed by atoms with van der Waals surface area (Å²) < 4.78 is 63.4. The van der Waals surface area contributed by atoms with Crippen LogP contribution in [0.4, 0.5) is 23.4 Å². The molecule has 208 valence electrons. The molecule has 0 aliphatic rings. The molecule has 3 aromatic rings. The van der Waals surface area contributed by atoms with Gasteiger partial charge < -0.3 is 14.4 Å². The summed E-state index contributed by atoms with van der Waals surface area (Å²) in [5, 5.41) is -0.00468. The molecule has 0 spiro atoms. The van der Waals surface area contributed by atoms with Gasteiger partial charge in [-0.25, -0.2) is 9.37 Å². The van der Waals surface area contributed by atoms with Crippen molar-refractivity contribution < 1.29 is 36.6 Å². The first-order chi connectivity index (χ1) is 18.3. The standard InChI is InChI=1S/C26H23Cl2F4N3O4/c1-34(9-10-38-3)24(36)15-7-8-18(27)17(11-15)16-12-21(39-14-26(30,31)32)23(33-13-16)35(2)25(37)22-19(28)5-4-6-20(22)29/h4-8,11-13H,9-10,14H2,1-3H3. The molecule has 2 amide bonds. The van der Waals surface area contributed by atoms with Crippen LogP contribution in [-0.4, -0.2) is 68.8 Å². The highest BCUT2D eigenvalue weighted by atomic mass is 35.5. The van der Waals surface area contributed by atoms with Gasteiger partial charge in [-0.2, -0.15) is 13.2 Å². The van der Waals surface area contributed by atoms with Crippen molar-refractivity contribution in [1.29, 1.82) is 0 Å². The van der Waals surface area contributed by atoms with Crippen LogP contribution in [-0.2, 0) is 4.74 Å². The summed E-state index contributed by atoms with van der Waals surface area (Å²) in [5.41, 5.74) is 0.266. The molecule has 1 aromatic heterocycles. The van der Waals surface area contributed by atoms with Crippen LogP contribution < -0.4 is 9.64 Å². The predicted molar refractivity (Wildman–Crippen MR) is 139 cm³/mol. The Bertz CT molecular complexity index is 1350. The molecule has 0 aliphatic carbocycles. The van der Waals surface area contributed by atoms with Crippen molar-refractivity contribution in [2.75, 3.05) is 45.9 Å². The van der Waals surface area contributed by atoms with E-state index >= 15 is 0 Å². The van der Waals surface area contributed by atoms with Crippen molar-refractivity contribution >= 4 is 40.8 Å². The second kappa shape index (κ2) is 12.6. The zero-order chi connectivity index (χ0) is 28.9. The summed E-state index contributed by atoms with van der Waals surface area (Å²) in [6, 6.07) is 9.26. The Hall–Kier alpha value is -3.41. The monoisotopic (exact) mass is 587 g/mol. The minimum atomic E-state index is -4.71. The van der Waals surface area contributed by atoms with E-state index in [0.29, 0.717) is 13.2 Å². The smallest absolute Gasteiger partial charge is 0.422 e. The number of amides is 2. The van der Waals surface area contributed by atoms with E-state index in [-0.39, 0.29) is 38.5 Å². The number of aromatic nitrogens is 1. The molecule has 0 aliphatic heterocycles. The van der Waals surface area contributed by atoms with Gasteiger partial charge in [0.1, 0.15) is 5.82 Å². The molecule has 39 heavy (non-hydrogen) atoms. The Labute approximate surface area is 231 Å². The number of carbonyl (C=O) groups is 2.